The van der Waals surface area contributed by atoms with Crippen LogP contribution in [-0.4, -0.2) is 52.7 Å². The summed E-state index contributed by atoms with van der Waals surface area (Å²) < 4.78 is 15.6. The Hall–Kier alpha value is -2.44. The molecule has 30 heavy (non-hydrogen) atoms. The minimum Gasteiger partial charge on any atom is -0.353 e. The van der Waals surface area contributed by atoms with Gasteiger partial charge in [0.2, 0.25) is 5.95 Å². The van der Waals surface area contributed by atoms with Gasteiger partial charge in [0.05, 0.1) is 17.6 Å². The number of hydrogen-bond acceptors (Lipinski definition) is 4. The van der Waals surface area contributed by atoms with E-state index in [2.05, 4.69) is 32.2 Å². The molecular formula is C24H30FN5. The van der Waals surface area contributed by atoms with Crippen molar-refractivity contribution in [1.82, 2.24) is 19.8 Å². The largest absolute Gasteiger partial charge is 0.353 e. The maximum absolute atomic E-state index is 13.3. The second-order valence-electron chi connectivity index (χ2n) is 8.57. The maximum atomic E-state index is 13.3. The lowest BCUT2D eigenvalue weighted by Crippen LogP contribution is -2.48. The SMILES string of the molecule is Fc1ccc(Cn2c(NC3CCN(C4CCNCC4)CC3)nc3ccccc32)cc1. The molecule has 0 atom stereocenters. The molecule has 3 aromatic rings. The van der Waals surface area contributed by atoms with Gasteiger partial charge in [0.15, 0.2) is 0 Å². The topological polar surface area (TPSA) is 45.1 Å². The molecule has 0 radical (unpaired) electrons. The van der Waals surface area contributed by atoms with Gasteiger partial charge in [0.1, 0.15) is 5.82 Å². The monoisotopic (exact) mass is 407 g/mol. The quantitative estimate of drug-likeness (QED) is 0.674. The number of hydrogen-bond donors (Lipinski definition) is 2. The molecule has 6 heteroatoms. The van der Waals surface area contributed by atoms with Gasteiger partial charge < -0.3 is 20.1 Å². The van der Waals surface area contributed by atoms with Crippen LogP contribution >= 0.6 is 0 Å². The average Bonchev–Trinajstić information content (AvgIpc) is 3.13. The van der Waals surface area contributed by atoms with Gasteiger partial charge in [-0.25, -0.2) is 9.37 Å². The van der Waals surface area contributed by atoms with Crippen LogP contribution in [0.3, 0.4) is 0 Å². The molecule has 1 aromatic heterocycles. The second-order valence-corrected chi connectivity index (χ2v) is 8.57. The van der Waals surface area contributed by atoms with E-state index in [-0.39, 0.29) is 5.82 Å². The lowest BCUT2D eigenvalue weighted by Gasteiger charge is -2.39. The molecule has 2 aromatic carbocycles. The highest BCUT2D eigenvalue weighted by Crippen LogP contribution is 2.25. The molecule has 0 amide bonds. The van der Waals surface area contributed by atoms with Crippen LogP contribution in [-0.2, 0) is 6.54 Å². The zero-order valence-electron chi connectivity index (χ0n) is 17.4. The first-order valence-corrected chi connectivity index (χ1v) is 11.2. The third kappa shape index (κ3) is 4.20. The summed E-state index contributed by atoms with van der Waals surface area (Å²) in [4.78, 5) is 7.57. The number of nitrogens with zero attached hydrogens (tertiary/aromatic N) is 3. The van der Waals surface area contributed by atoms with Crippen LogP contribution in [0.1, 0.15) is 31.2 Å². The molecule has 2 aliphatic rings. The van der Waals surface area contributed by atoms with Crippen molar-refractivity contribution < 1.29 is 4.39 Å². The van der Waals surface area contributed by atoms with Crippen molar-refractivity contribution in [1.29, 1.82) is 0 Å². The summed E-state index contributed by atoms with van der Waals surface area (Å²) in [6.07, 6.45) is 4.82. The summed E-state index contributed by atoms with van der Waals surface area (Å²) in [6, 6.07) is 16.2. The molecule has 0 bridgehead atoms. The molecule has 0 aliphatic carbocycles. The summed E-state index contributed by atoms with van der Waals surface area (Å²) in [6.45, 7) is 5.28. The summed E-state index contributed by atoms with van der Waals surface area (Å²) in [5.74, 6) is 0.717. The van der Waals surface area contributed by atoms with Gasteiger partial charge in [-0.2, -0.15) is 0 Å². The number of imidazole rings is 1. The van der Waals surface area contributed by atoms with Crippen molar-refractivity contribution in [2.45, 2.75) is 44.3 Å². The summed E-state index contributed by atoms with van der Waals surface area (Å²) in [7, 11) is 0. The number of rotatable bonds is 5. The van der Waals surface area contributed by atoms with E-state index in [0.717, 1.165) is 67.6 Å². The highest BCUT2D eigenvalue weighted by Gasteiger charge is 2.27. The lowest BCUT2D eigenvalue weighted by atomic mass is 9.99. The van der Waals surface area contributed by atoms with Crippen LogP contribution in [0.4, 0.5) is 10.3 Å². The Balaban J connectivity index is 1.31. The zero-order valence-corrected chi connectivity index (χ0v) is 17.4. The number of piperidine rings is 2. The van der Waals surface area contributed by atoms with Crippen molar-refractivity contribution >= 4 is 17.0 Å². The van der Waals surface area contributed by atoms with Crippen LogP contribution in [0.15, 0.2) is 48.5 Å². The Morgan fingerprint density at radius 3 is 2.47 bits per heavy atom. The number of halogens is 1. The van der Waals surface area contributed by atoms with Gasteiger partial charge in [0.25, 0.3) is 0 Å². The van der Waals surface area contributed by atoms with Gasteiger partial charge in [-0.15, -0.1) is 0 Å². The van der Waals surface area contributed by atoms with E-state index in [4.69, 9.17) is 4.98 Å². The van der Waals surface area contributed by atoms with E-state index in [1.807, 2.05) is 24.3 Å². The maximum Gasteiger partial charge on any atom is 0.204 e. The Bertz CT molecular complexity index is 969. The third-order valence-electron chi connectivity index (χ3n) is 6.60. The fourth-order valence-corrected chi connectivity index (χ4v) is 4.88. The Morgan fingerprint density at radius 2 is 1.70 bits per heavy atom. The van der Waals surface area contributed by atoms with Crippen molar-refractivity contribution in [3.8, 4) is 0 Å². The van der Waals surface area contributed by atoms with E-state index in [1.54, 1.807) is 0 Å². The molecule has 2 aliphatic heterocycles. The van der Waals surface area contributed by atoms with E-state index < -0.39 is 0 Å². The zero-order chi connectivity index (χ0) is 20.3. The first kappa shape index (κ1) is 19.5. The third-order valence-corrected chi connectivity index (χ3v) is 6.60. The van der Waals surface area contributed by atoms with Crippen LogP contribution in [0.2, 0.25) is 0 Å². The first-order chi connectivity index (χ1) is 14.8. The Morgan fingerprint density at radius 1 is 0.967 bits per heavy atom. The van der Waals surface area contributed by atoms with Gasteiger partial charge >= 0.3 is 0 Å². The minimum absolute atomic E-state index is 0.201. The van der Waals surface area contributed by atoms with Gasteiger partial charge in [-0.3, -0.25) is 0 Å². The molecule has 0 spiro atoms. The second kappa shape index (κ2) is 8.74. The number of aromatic nitrogens is 2. The minimum atomic E-state index is -0.201. The predicted molar refractivity (Wildman–Crippen MR) is 119 cm³/mol. The van der Waals surface area contributed by atoms with Gasteiger partial charge in [-0.05, 0) is 68.6 Å². The standard InChI is InChI=1S/C24H30FN5/c25-19-7-5-18(6-8-19)17-30-23-4-2-1-3-22(23)28-24(30)27-20-11-15-29(16-12-20)21-9-13-26-14-10-21/h1-8,20-21,26H,9-17H2,(H,27,28). The molecule has 2 saturated heterocycles. The van der Waals surface area contributed by atoms with Crippen LogP contribution in [0, 0.1) is 5.82 Å². The molecule has 5 nitrogen and oxygen atoms in total. The predicted octanol–water partition coefficient (Wildman–Crippen LogP) is 3.85. The molecule has 2 N–H and O–H groups in total. The molecule has 3 heterocycles. The van der Waals surface area contributed by atoms with Gasteiger partial charge in [0, 0.05) is 25.2 Å². The number of anilines is 1. The molecule has 5 rings (SSSR count). The van der Waals surface area contributed by atoms with E-state index >= 15 is 0 Å². The summed E-state index contributed by atoms with van der Waals surface area (Å²) in [5.41, 5.74) is 3.18. The highest BCUT2D eigenvalue weighted by molar-refractivity contribution is 5.78. The average molecular weight is 408 g/mol. The fraction of sp³-hybridized carbons (Fsp3) is 0.458. The van der Waals surface area contributed by atoms with Gasteiger partial charge in [-0.1, -0.05) is 24.3 Å². The van der Waals surface area contributed by atoms with Crippen molar-refractivity contribution in [3.05, 3.63) is 59.9 Å². The molecule has 0 saturated carbocycles. The molecule has 2 fully saturated rings. The van der Waals surface area contributed by atoms with E-state index in [9.17, 15) is 4.39 Å². The first-order valence-electron chi connectivity index (χ1n) is 11.2. The normalized spacial score (nSPS) is 19.4. The van der Waals surface area contributed by atoms with Crippen LogP contribution in [0.25, 0.3) is 11.0 Å². The van der Waals surface area contributed by atoms with Crippen LogP contribution in [0.5, 0.6) is 0 Å². The van der Waals surface area contributed by atoms with E-state index in [0.29, 0.717) is 12.6 Å². The lowest BCUT2D eigenvalue weighted by molar-refractivity contribution is 0.130. The number of fused-ring (bicyclic) bond motifs is 1. The summed E-state index contributed by atoms with van der Waals surface area (Å²) >= 11 is 0. The number of benzene rings is 2. The molecular weight excluding hydrogens is 377 g/mol. The smallest absolute Gasteiger partial charge is 0.204 e. The van der Waals surface area contributed by atoms with Crippen molar-refractivity contribution in [2.24, 2.45) is 0 Å². The highest BCUT2D eigenvalue weighted by atomic mass is 19.1. The van der Waals surface area contributed by atoms with Crippen LogP contribution < -0.4 is 10.6 Å². The Kier molecular flexibility index (Phi) is 5.69. The van der Waals surface area contributed by atoms with E-state index in [1.165, 1.54) is 25.0 Å². The molecule has 0 unspecified atom stereocenters. The fourth-order valence-electron chi connectivity index (χ4n) is 4.88. The number of para-hydroxylation sites is 2. The van der Waals surface area contributed by atoms with Crippen molar-refractivity contribution in [3.63, 3.8) is 0 Å². The molecule has 158 valence electrons. The Labute approximate surface area is 177 Å². The summed E-state index contributed by atoms with van der Waals surface area (Å²) in [5, 5.41) is 7.20. The number of likely N-dealkylation sites (tertiary alicyclic amines) is 1. The van der Waals surface area contributed by atoms with Crippen molar-refractivity contribution in [2.75, 3.05) is 31.5 Å². The number of nitrogens with one attached hydrogen (secondary N) is 2.